The van der Waals surface area contributed by atoms with E-state index >= 15 is 0 Å². The van der Waals surface area contributed by atoms with Gasteiger partial charge in [0, 0.05) is 17.7 Å². The Labute approximate surface area is 200 Å². The van der Waals surface area contributed by atoms with Crippen molar-refractivity contribution in [3.63, 3.8) is 0 Å². The highest BCUT2D eigenvalue weighted by Crippen LogP contribution is 2.30. The number of nitrogens with one attached hydrogen (secondary N) is 1. The summed E-state index contributed by atoms with van der Waals surface area (Å²) in [6.45, 7) is 2.52. The molecule has 1 amide bonds. The van der Waals surface area contributed by atoms with E-state index in [4.69, 9.17) is 4.74 Å². The molecule has 0 aliphatic rings. The summed E-state index contributed by atoms with van der Waals surface area (Å²) in [4.78, 5) is 12.4. The number of ether oxygens (including phenoxy) is 1. The average molecular weight is 481 g/mol. The highest BCUT2D eigenvalue weighted by Gasteiger charge is 2.19. The van der Waals surface area contributed by atoms with Crippen LogP contribution in [0.1, 0.15) is 12.5 Å². The van der Waals surface area contributed by atoms with Gasteiger partial charge in [0.15, 0.2) is 11.0 Å². The van der Waals surface area contributed by atoms with Gasteiger partial charge in [-0.05, 0) is 49.4 Å². The molecule has 0 bridgehead atoms. The van der Waals surface area contributed by atoms with Crippen molar-refractivity contribution < 1.29 is 18.3 Å². The second kappa shape index (κ2) is 10.9. The van der Waals surface area contributed by atoms with Gasteiger partial charge >= 0.3 is 0 Å². The highest BCUT2D eigenvalue weighted by molar-refractivity contribution is 7.99. The van der Waals surface area contributed by atoms with E-state index in [0.29, 0.717) is 28.9 Å². The van der Waals surface area contributed by atoms with E-state index in [1.54, 1.807) is 41.0 Å². The van der Waals surface area contributed by atoms with Crippen LogP contribution in [-0.2, 0) is 11.3 Å². The fraction of sp³-hybridized carbons (Fsp3) is 0.160. The van der Waals surface area contributed by atoms with E-state index < -0.39 is 5.82 Å². The van der Waals surface area contributed by atoms with E-state index in [1.165, 1.54) is 12.1 Å². The predicted molar refractivity (Wildman–Crippen MR) is 127 cm³/mol. The van der Waals surface area contributed by atoms with E-state index in [-0.39, 0.29) is 29.7 Å². The van der Waals surface area contributed by atoms with Gasteiger partial charge in [-0.15, -0.1) is 10.2 Å². The summed E-state index contributed by atoms with van der Waals surface area (Å²) in [6, 6.07) is 19.8. The van der Waals surface area contributed by atoms with Crippen LogP contribution < -0.4 is 10.1 Å². The van der Waals surface area contributed by atoms with E-state index in [1.807, 2.05) is 31.2 Å². The number of benzene rings is 3. The van der Waals surface area contributed by atoms with Crippen LogP contribution >= 0.6 is 11.8 Å². The van der Waals surface area contributed by atoms with Crippen molar-refractivity contribution >= 4 is 17.7 Å². The Kier molecular flexibility index (Phi) is 7.54. The number of hydrogen-bond acceptors (Lipinski definition) is 5. The molecule has 4 aromatic rings. The van der Waals surface area contributed by atoms with Crippen LogP contribution in [0.3, 0.4) is 0 Å². The lowest BCUT2D eigenvalue weighted by Crippen LogP contribution is -2.25. The Morgan fingerprint density at radius 1 is 0.971 bits per heavy atom. The fourth-order valence-electron chi connectivity index (χ4n) is 3.28. The van der Waals surface area contributed by atoms with Crippen LogP contribution in [0.2, 0.25) is 0 Å². The van der Waals surface area contributed by atoms with Gasteiger partial charge in [-0.3, -0.25) is 9.36 Å². The summed E-state index contributed by atoms with van der Waals surface area (Å²) in [6.07, 6.45) is 0. The number of amides is 1. The first-order chi connectivity index (χ1) is 16.6. The van der Waals surface area contributed by atoms with Crippen molar-refractivity contribution in [1.29, 1.82) is 0 Å². The number of carbonyl (C=O) groups is 1. The van der Waals surface area contributed by atoms with Gasteiger partial charge in [0.25, 0.3) is 0 Å². The molecule has 0 spiro atoms. The Morgan fingerprint density at radius 3 is 2.38 bits per heavy atom. The molecule has 1 N–H and O–H groups in total. The van der Waals surface area contributed by atoms with Crippen molar-refractivity contribution in [1.82, 2.24) is 20.1 Å². The van der Waals surface area contributed by atoms with Crippen LogP contribution in [0, 0.1) is 11.6 Å². The molecule has 0 atom stereocenters. The number of thioether (sulfide) groups is 1. The Morgan fingerprint density at radius 2 is 1.68 bits per heavy atom. The molecule has 0 unspecified atom stereocenters. The normalized spacial score (nSPS) is 10.8. The van der Waals surface area contributed by atoms with Crippen molar-refractivity contribution in [2.45, 2.75) is 18.6 Å². The summed E-state index contributed by atoms with van der Waals surface area (Å²) in [5.74, 6) is 0.0189. The lowest BCUT2D eigenvalue weighted by atomic mass is 10.2. The van der Waals surface area contributed by atoms with Crippen LogP contribution in [0.25, 0.3) is 17.1 Å². The lowest BCUT2D eigenvalue weighted by Gasteiger charge is -2.12. The minimum absolute atomic E-state index is 0.00428. The molecule has 34 heavy (non-hydrogen) atoms. The number of para-hydroxylation sites is 1. The summed E-state index contributed by atoms with van der Waals surface area (Å²) >= 11 is 1.12. The zero-order valence-electron chi connectivity index (χ0n) is 18.4. The SMILES string of the molecule is CCOc1ccc(-c2nnc(SCC(=O)NCc3ccccc3F)n2-c2ccccc2F)cc1. The van der Waals surface area contributed by atoms with E-state index in [0.717, 1.165) is 17.3 Å². The quantitative estimate of drug-likeness (QED) is 0.341. The van der Waals surface area contributed by atoms with Crippen LogP contribution in [0.15, 0.2) is 78.0 Å². The molecule has 0 aliphatic carbocycles. The number of hydrogen-bond donors (Lipinski definition) is 1. The maximum atomic E-state index is 14.7. The van der Waals surface area contributed by atoms with Gasteiger partial charge in [-0.2, -0.15) is 0 Å². The molecule has 0 saturated carbocycles. The molecule has 1 heterocycles. The second-order valence-corrected chi connectivity index (χ2v) is 8.15. The van der Waals surface area contributed by atoms with Crippen molar-refractivity contribution in [3.05, 3.63) is 90.0 Å². The number of carbonyl (C=O) groups excluding carboxylic acids is 1. The monoisotopic (exact) mass is 480 g/mol. The lowest BCUT2D eigenvalue weighted by molar-refractivity contribution is -0.118. The minimum atomic E-state index is -0.444. The van der Waals surface area contributed by atoms with E-state index in [9.17, 15) is 13.6 Å². The minimum Gasteiger partial charge on any atom is -0.494 e. The van der Waals surface area contributed by atoms with Gasteiger partial charge in [-0.1, -0.05) is 42.1 Å². The molecule has 0 radical (unpaired) electrons. The summed E-state index contributed by atoms with van der Waals surface area (Å²) in [5.41, 5.74) is 1.38. The highest BCUT2D eigenvalue weighted by atomic mass is 32.2. The zero-order chi connectivity index (χ0) is 23.9. The smallest absolute Gasteiger partial charge is 0.230 e. The van der Waals surface area contributed by atoms with Crippen molar-refractivity contribution in [3.8, 4) is 22.8 Å². The average Bonchev–Trinajstić information content (AvgIpc) is 3.27. The van der Waals surface area contributed by atoms with Crippen LogP contribution in [-0.4, -0.2) is 33.0 Å². The zero-order valence-corrected chi connectivity index (χ0v) is 19.2. The van der Waals surface area contributed by atoms with Gasteiger partial charge in [0.05, 0.1) is 18.0 Å². The van der Waals surface area contributed by atoms with Gasteiger partial charge in [-0.25, -0.2) is 8.78 Å². The fourth-order valence-corrected chi connectivity index (χ4v) is 4.06. The number of nitrogens with zero attached hydrogens (tertiary/aromatic N) is 3. The third kappa shape index (κ3) is 5.43. The number of rotatable bonds is 9. The van der Waals surface area contributed by atoms with Gasteiger partial charge in [0.1, 0.15) is 17.4 Å². The topological polar surface area (TPSA) is 69.0 Å². The maximum absolute atomic E-state index is 14.7. The Bertz CT molecular complexity index is 1280. The molecule has 6 nitrogen and oxygen atoms in total. The third-order valence-electron chi connectivity index (χ3n) is 4.92. The molecular formula is C25H22F2N4O2S. The van der Waals surface area contributed by atoms with Gasteiger partial charge in [0.2, 0.25) is 5.91 Å². The largest absolute Gasteiger partial charge is 0.494 e. The second-order valence-electron chi connectivity index (χ2n) is 7.21. The molecule has 174 valence electrons. The first-order valence-corrected chi connectivity index (χ1v) is 11.6. The Hall–Kier alpha value is -3.72. The van der Waals surface area contributed by atoms with Crippen LogP contribution in [0.5, 0.6) is 5.75 Å². The first-order valence-electron chi connectivity index (χ1n) is 10.6. The van der Waals surface area contributed by atoms with E-state index in [2.05, 4.69) is 15.5 Å². The molecule has 0 aliphatic heterocycles. The van der Waals surface area contributed by atoms with Crippen LogP contribution in [0.4, 0.5) is 8.78 Å². The van der Waals surface area contributed by atoms with Crippen molar-refractivity contribution in [2.75, 3.05) is 12.4 Å². The summed E-state index contributed by atoms with van der Waals surface area (Å²) < 4.78 is 35.6. The maximum Gasteiger partial charge on any atom is 0.230 e. The summed E-state index contributed by atoms with van der Waals surface area (Å²) in [5, 5.41) is 11.5. The summed E-state index contributed by atoms with van der Waals surface area (Å²) in [7, 11) is 0. The molecule has 4 rings (SSSR count). The number of aromatic nitrogens is 3. The molecule has 9 heteroatoms. The predicted octanol–water partition coefficient (Wildman–Crippen LogP) is 5.02. The molecule has 0 fully saturated rings. The standard InChI is InChI=1S/C25H22F2N4O2S/c1-2-33-19-13-11-17(12-14-19)24-29-30-25(31(24)22-10-6-5-9-21(22)27)34-16-23(32)28-15-18-7-3-4-8-20(18)26/h3-14H,2,15-16H2,1H3,(H,28,32). The molecular weight excluding hydrogens is 458 g/mol. The Balaban J connectivity index is 1.56. The first kappa shape index (κ1) is 23.4. The van der Waals surface area contributed by atoms with Crippen molar-refractivity contribution in [2.24, 2.45) is 0 Å². The molecule has 1 aromatic heterocycles. The molecule has 3 aromatic carbocycles. The molecule has 0 saturated heterocycles. The third-order valence-corrected chi connectivity index (χ3v) is 5.85. The number of halogens is 2. The van der Waals surface area contributed by atoms with Gasteiger partial charge < -0.3 is 10.1 Å².